The molecule has 186 valence electrons. The lowest BCUT2D eigenvalue weighted by atomic mass is 9.99. The smallest absolute Gasteiger partial charge is 0.259 e. The molecule has 1 aliphatic rings. The van der Waals surface area contributed by atoms with Crippen molar-refractivity contribution in [3.05, 3.63) is 77.7 Å². The molecule has 8 heteroatoms. The van der Waals surface area contributed by atoms with E-state index in [4.69, 9.17) is 10.00 Å². The van der Waals surface area contributed by atoms with Gasteiger partial charge in [-0.2, -0.15) is 5.26 Å². The number of aromatic nitrogens is 2. The molecular formula is C28H31N5O3. The van der Waals surface area contributed by atoms with Crippen LogP contribution in [0.3, 0.4) is 0 Å². The maximum absolute atomic E-state index is 13.6. The molecule has 0 saturated heterocycles. The minimum absolute atomic E-state index is 0.00212. The van der Waals surface area contributed by atoms with Crippen molar-refractivity contribution in [3.63, 3.8) is 0 Å². The third kappa shape index (κ3) is 5.70. The van der Waals surface area contributed by atoms with E-state index in [1.54, 1.807) is 35.5 Å². The molecule has 0 radical (unpaired) electrons. The van der Waals surface area contributed by atoms with Gasteiger partial charge >= 0.3 is 0 Å². The summed E-state index contributed by atoms with van der Waals surface area (Å²) < 4.78 is 6.39. The molecule has 3 atom stereocenters. The van der Waals surface area contributed by atoms with Gasteiger partial charge in [-0.15, -0.1) is 0 Å². The molecule has 1 amide bonds. The van der Waals surface area contributed by atoms with Crippen LogP contribution in [-0.4, -0.2) is 69.7 Å². The number of ether oxygens (including phenoxy) is 1. The van der Waals surface area contributed by atoms with Gasteiger partial charge in [0.15, 0.2) is 0 Å². The van der Waals surface area contributed by atoms with Crippen LogP contribution >= 0.6 is 0 Å². The Bertz CT molecular complexity index is 1230. The molecule has 3 aromatic rings. The van der Waals surface area contributed by atoms with Gasteiger partial charge in [-0.25, -0.2) is 4.98 Å². The van der Waals surface area contributed by atoms with Crippen molar-refractivity contribution in [1.29, 1.82) is 5.26 Å². The minimum Gasteiger partial charge on any atom is -0.472 e. The number of pyridine rings is 2. The molecule has 1 aromatic carbocycles. The first-order chi connectivity index (χ1) is 17.4. The van der Waals surface area contributed by atoms with E-state index >= 15 is 0 Å². The Labute approximate surface area is 211 Å². The lowest BCUT2D eigenvalue weighted by molar-refractivity contribution is 0.0324. The summed E-state index contributed by atoms with van der Waals surface area (Å²) in [5, 5.41) is 19.0. The minimum atomic E-state index is -0.351. The van der Waals surface area contributed by atoms with Crippen LogP contribution in [0.5, 0.6) is 5.88 Å². The molecule has 1 N–H and O–H groups in total. The van der Waals surface area contributed by atoms with E-state index in [0.717, 1.165) is 16.8 Å². The SMILES string of the molecule is C[C@H]1CN([C@@H](C)CO)C(=O)c2cc(-c3ccc(C#N)cc3)cnc2O[C@H]1CN(C)Cc1ccccn1. The Balaban J connectivity index is 1.66. The van der Waals surface area contributed by atoms with Crippen LogP contribution in [0.4, 0.5) is 0 Å². The zero-order valence-electron chi connectivity index (χ0n) is 20.8. The summed E-state index contributed by atoms with van der Waals surface area (Å²) in [6.45, 7) is 5.49. The zero-order valence-corrected chi connectivity index (χ0v) is 20.8. The van der Waals surface area contributed by atoms with Crippen molar-refractivity contribution in [1.82, 2.24) is 19.8 Å². The third-order valence-electron chi connectivity index (χ3n) is 6.52. The number of aliphatic hydroxyl groups is 1. The molecule has 0 unspecified atom stereocenters. The summed E-state index contributed by atoms with van der Waals surface area (Å²) in [6.07, 6.45) is 3.24. The number of aliphatic hydroxyl groups excluding tert-OH is 1. The summed E-state index contributed by atoms with van der Waals surface area (Å²) >= 11 is 0. The molecule has 4 rings (SSSR count). The fourth-order valence-corrected chi connectivity index (χ4v) is 4.36. The van der Waals surface area contributed by atoms with Gasteiger partial charge in [-0.1, -0.05) is 25.1 Å². The van der Waals surface area contributed by atoms with Gasteiger partial charge in [-0.05, 0) is 49.9 Å². The fourth-order valence-electron chi connectivity index (χ4n) is 4.36. The fraction of sp³-hybridized carbons (Fsp3) is 0.357. The van der Waals surface area contributed by atoms with Crippen LogP contribution in [-0.2, 0) is 6.54 Å². The topological polar surface area (TPSA) is 103 Å². The van der Waals surface area contributed by atoms with Crippen LogP contribution in [0.2, 0.25) is 0 Å². The van der Waals surface area contributed by atoms with Gasteiger partial charge in [0.25, 0.3) is 5.91 Å². The molecule has 1 aliphatic heterocycles. The number of hydrogen-bond donors (Lipinski definition) is 1. The Morgan fingerprint density at radius 3 is 2.67 bits per heavy atom. The number of likely N-dealkylation sites (N-methyl/N-ethyl adjacent to an activating group) is 1. The summed E-state index contributed by atoms with van der Waals surface area (Å²) in [6, 6.07) is 16.5. The van der Waals surface area contributed by atoms with E-state index in [1.807, 2.05) is 44.3 Å². The number of fused-ring (bicyclic) bond motifs is 1. The van der Waals surface area contributed by atoms with Gasteiger partial charge < -0.3 is 14.7 Å². The largest absolute Gasteiger partial charge is 0.472 e. The quantitative estimate of drug-likeness (QED) is 0.547. The first-order valence-electron chi connectivity index (χ1n) is 12.1. The number of amides is 1. The Kier molecular flexibility index (Phi) is 7.93. The summed E-state index contributed by atoms with van der Waals surface area (Å²) in [4.78, 5) is 26.5. The average molecular weight is 486 g/mol. The molecule has 36 heavy (non-hydrogen) atoms. The monoisotopic (exact) mass is 485 g/mol. The maximum atomic E-state index is 13.6. The Hall–Kier alpha value is -3.80. The second-order valence-electron chi connectivity index (χ2n) is 9.41. The van der Waals surface area contributed by atoms with Crippen LogP contribution in [0, 0.1) is 17.2 Å². The predicted molar refractivity (Wildman–Crippen MR) is 136 cm³/mol. The standard InChI is InChI=1S/C28H31N5O3/c1-19-15-33(20(2)18-34)28(35)25-12-23(22-9-7-21(13-29)8-10-22)14-31-27(25)36-26(19)17-32(3)16-24-6-4-5-11-30-24/h4-12,14,19-20,26,34H,15-18H2,1-3H3/t19-,20-,26-/m0/s1. The van der Waals surface area contributed by atoms with Gasteiger partial charge in [-0.3, -0.25) is 14.7 Å². The lowest BCUT2D eigenvalue weighted by Crippen LogP contribution is -2.49. The molecule has 2 aromatic heterocycles. The lowest BCUT2D eigenvalue weighted by Gasteiger charge is -2.37. The van der Waals surface area contributed by atoms with Crippen molar-refractivity contribution in [2.75, 3.05) is 26.7 Å². The third-order valence-corrected chi connectivity index (χ3v) is 6.52. The molecule has 3 heterocycles. The van der Waals surface area contributed by atoms with Crippen molar-refractivity contribution in [3.8, 4) is 23.1 Å². The average Bonchev–Trinajstić information content (AvgIpc) is 2.90. The van der Waals surface area contributed by atoms with Crippen LogP contribution in [0.15, 0.2) is 60.9 Å². The number of hydrogen-bond acceptors (Lipinski definition) is 7. The first-order valence-corrected chi connectivity index (χ1v) is 12.1. The molecule has 0 saturated carbocycles. The van der Waals surface area contributed by atoms with Gasteiger partial charge in [0, 0.05) is 43.5 Å². The molecule has 0 spiro atoms. The highest BCUT2D eigenvalue weighted by Crippen LogP contribution is 2.30. The number of benzene rings is 1. The highest BCUT2D eigenvalue weighted by Gasteiger charge is 2.34. The highest BCUT2D eigenvalue weighted by atomic mass is 16.5. The number of carbonyl (C=O) groups is 1. The molecule has 0 aliphatic carbocycles. The van der Waals surface area contributed by atoms with Crippen molar-refractivity contribution in [2.45, 2.75) is 32.5 Å². The van der Waals surface area contributed by atoms with E-state index in [9.17, 15) is 9.90 Å². The van der Waals surface area contributed by atoms with E-state index in [1.165, 1.54) is 0 Å². The number of carbonyl (C=O) groups excluding carboxylic acids is 1. The second kappa shape index (κ2) is 11.3. The van der Waals surface area contributed by atoms with Crippen LogP contribution in [0.1, 0.15) is 35.5 Å². The number of nitriles is 1. The van der Waals surface area contributed by atoms with Gasteiger partial charge in [0.2, 0.25) is 5.88 Å². The predicted octanol–water partition coefficient (Wildman–Crippen LogP) is 3.37. The van der Waals surface area contributed by atoms with E-state index in [2.05, 4.69) is 27.9 Å². The van der Waals surface area contributed by atoms with Crippen molar-refractivity contribution in [2.24, 2.45) is 5.92 Å². The van der Waals surface area contributed by atoms with Crippen LogP contribution < -0.4 is 4.74 Å². The maximum Gasteiger partial charge on any atom is 0.259 e. The van der Waals surface area contributed by atoms with E-state index in [0.29, 0.717) is 30.8 Å². The zero-order chi connectivity index (χ0) is 25.7. The Morgan fingerprint density at radius 2 is 2.00 bits per heavy atom. The molecule has 0 bridgehead atoms. The molecule has 8 nitrogen and oxygen atoms in total. The van der Waals surface area contributed by atoms with E-state index in [-0.39, 0.29) is 36.5 Å². The molecular weight excluding hydrogens is 454 g/mol. The normalized spacial score (nSPS) is 18.6. The number of rotatable bonds is 7. The highest BCUT2D eigenvalue weighted by molar-refractivity contribution is 5.98. The van der Waals surface area contributed by atoms with Crippen molar-refractivity contribution < 1.29 is 14.6 Å². The Morgan fingerprint density at radius 1 is 1.22 bits per heavy atom. The van der Waals surface area contributed by atoms with Crippen molar-refractivity contribution >= 4 is 5.91 Å². The second-order valence-corrected chi connectivity index (χ2v) is 9.41. The summed E-state index contributed by atoms with van der Waals surface area (Å²) in [5.74, 6) is 0.0688. The molecule has 0 fully saturated rings. The summed E-state index contributed by atoms with van der Waals surface area (Å²) in [7, 11) is 2.02. The van der Waals surface area contributed by atoms with Crippen LogP contribution in [0.25, 0.3) is 11.1 Å². The van der Waals surface area contributed by atoms with E-state index < -0.39 is 0 Å². The number of nitrogens with zero attached hydrogens (tertiary/aromatic N) is 5. The summed E-state index contributed by atoms with van der Waals surface area (Å²) in [5.41, 5.74) is 3.49. The first kappa shape index (κ1) is 25.3. The van der Waals surface area contributed by atoms with Gasteiger partial charge in [0.05, 0.1) is 30.0 Å². The van der Waals surface area contributed by atoms with Gasteiger partial charge in [0.1, 0.15) is 11.7 Å².